The fraction of sp³-hybridized carbons (Fsp3) is 0.455. The molecule has 2 aliphatic heterocycles. The molecule has 110 valence electrons. The molecule has 2 fully saturated rings. The van der Waals surface area contributed by atoms with Crippen LogP contribution in [0.4, 0.5) is 8.78 Å². The molecular formula is C11H11F2NO4S2. The normalized spacial score (nSPS) is 28.9. The van der Waals surface area contributed by atoms with E-state index in [1.807, 2.05) is 0 Å². The zero-order valence-corrected chi connectivity index (χ0v) is 11.8. The molecule has 2 bridgehead atoms. The molecule has 2 aliphatic rings. The van der Waals surface area contributed by atoms with Crippen LogP contribution in [0, 0.1) is 11.6 Å². The van der Waals surface area contributed by atoms with E-state index in [4.69, 9.17) is 0 Å². The lowest BCUT2D eigenvalue weighted by Crippen LogP contribution is -2.44. The van der Waals surface area contributed by atoms with E-state index >= 15 is 0 Å². The predicted octanol–water partition coefficient (Wildman–Crippen LogP) is 0.525. The van der Waals surface area contributed by atoms with Gasteiger partial charge in [0.15, 0.2) is 9.84 Å². The molecule has 2 saturated heterocycles. The summed E-state index contributed by atoms with van der Waals surface area (Å²) in [5.41, 5.74) is 0. The molecule has 2 atom stereocenters. The Bertz CT molecular complexity index is 755. The summed E-state index contributed by atoms with van der Waals surface area (Å²) in [4.78, 5) is -0.486. The second-order valence-corrected chi connectivity index (χ2v) is 9.24. The molecule has 0 spiro atoms. The van der Waals surface area contributed by atoms with Gasteiger partial charge in [-0.3, -0.25) is 0 Å². The van der Waals surface area contributed by atoms with Crippen LogP contribution in [0.15, 0.2) is 23.1 Å². The molecule has 9 heteroatoms. The highest BCUT2D eigenvalue weighted by Crippen LogP contribution is 2.36. The van der Waals surface area contributed by atoms with Crippen LogP contribution in [-0.4, -0.2) is 44.7 Å². The van der Waals surface area contributed by atoms with Gasteiger partial charge in [-0.25, -0.2) is 25.6 Å². The van der Waals surface area contributed by atoms with E-state index < -0.39 is 47.7 Å². The van der Waals surface area contributed by atoms with Crippen LogP contribution in [0.3, 0.4) is 0 Å². The number of rotatable bonds is 2. The van der Waals surface area contributed by atoms with Gasteiger partial charge in [0.25, 0.3) is 0 Å². The second kappa shape index (κ2) is 4.22. The highest BCUT2D eigenvalue weighted by atomic mass is 32.2. The maximum atomic E-state index is 13.1. The Morgan fingerprint density at radius 3 is 2.20 bits per heavy atom. The number of benzene rings is 1. The van der Waals surface area contributed by atoms with E-state index in [0.29, 0.717) is 6.07 Å². The maximum Gasteiger partial charge on any atom is 0.243 e. The minimum absolute atomic E-state index is 0.145. The lowest BCUT2D eigenvalue weighted by atomic mass is 10.3. The third kappa shape index (κ3) is 2.04. The third-order valence-electron chi connectivity index (χ3n) is 3.70. The predicted molar refractivity (Wildman–Crippen MR) is 66.2 cm³/mol. The Morgan fingerprint density at radius 2 is 1.75 bits per heavy atom. The smallest absolute Gasteiger partial charge is 0.228 e. The van der Waals surface area contributed by atoms with Gasteiger partial charge in [0.05, 0.1) is 15.9 Å². The molecule has 0 radical (unpaired) electrons. The Labute approximate surface area is 115 Å². The van der Waals surface area contributed by atoms with Gasteiger partial charge in [-0.1, -0.05) is 0 Å². The molecule has 2 heterocycles. The Balaban J connectivity index is 1.99. The van der Waals surface area contributed by atoms with E-state index in [9.17, 15) is 25.6 Å². The molecule has 0 amide bonds. The number of sulfone groups is 1. The van der Waals surface area contributed by atoms with Crippen molar-refractivity contribution in [2.45, 2.75) is 22.6 Å². The van der Waals surface area contributed by atoms with Gasteiger partial charge in [-0.2, -0.15) is 4.31 Å². The number of hydrogen-bond donors (Lipinski definition) is 0. The SMILES string of the molecule is O=S1(=O)C[C@H]2C[C@H]1CN2S(=O)(=O)c1cc(F)cc(F)c1. The van der Waals surface area contributed by atoms with Crippen LogP contribution >= 0.6 is 0 Å². The van der Waals surface area contributed by atoms with Gasteiger partial charge in [0, 0.05) is 18.7 Å². The summed E-state index contributed by atoms with van der Waals surface area (Å²) in [6, 6.07) is 1.42. The lowest BCUT2D eigenvalue weighted by molar-refractivity contribution is 0.401. The highest BCUT2D eigenvalue weighted by Gasteiger charge is 2.52. The van der Waals surface area contributed by atoms with E-state index in [-0.39, 0.29) is 18.7 Å². The quantitative estimate of drug-likeness (QED) is 0.796. The maximum absolute atomic E-state index is 13.1. The highest BCUT2D eigenvalue weighted by molar-refractivity contribution is 7.93. The number of fused-ring (bicyclic) bond motifs is 2. The molecule has 3 rings (SSSR count). The minimum atomic E-state index is -4.08. The standard InChI is InChI=1S/C11H11F2NO4S2/c12-7-1-8(13)3-10(2-7)20(17,18)14-5-11-4-9(14)6-19(11,15)16/h1-3,9,11H,4-6H2/t9-,11+/m1/s1. The van der Waals surface area contributed by atoms with Crippen LogP contribution in [0.2, 0.25) is 0 Å². The summed E-state index contributed by atoms with van der Waals surface area (Å²) in [6.07, 6.45) is 0.249. The fourth-order valence-corrected chi connectivity index (χ4v) is 6.71. The number of nitrogens with zero attached hydrogens (tertiary/aromatic N) is 1. The van der Waals surface area contributed by atoms with Gasteiger partial charge < -0.3 is 0 Å². The van der Waals surface area contributed by atoms with Crippen molar-refractivity contribution in [3.63, 3.8) is 0 Å². The van der Waals surface area contributed by atoms with Gasteiger partial charge in [-0.05, 0) is 18.6 Å². The molecule has 0 aromatic heterocycles. The number of hydrogen-bond acceptors (Lipinski definition) is 4. The van der Waals surface area contributed by atoms with Crippen molar-refractivity contribution in [1.29, 1.82) is 0 Å². The van der Waals surface area contributed by atoms with Gasteiger partial charge in [-0.15, -0.1) is 0 Å². The van der Waals surface area contributed by atoms with Crippen LogP contribution in [0.1, 0.15) is 6.42 Å². The van der Waals surface area contributed by atoms with Crippen molar-refractivity contribution < 1.29 is 25.6 Å². The first kappa shape index (κ1) is 13.9. The van der Waals surface area contributed by atoms with Crippen molar-refractivity contribution in [1.82, 2.24) is 4.31 Å². The fourth-order valence-electron chi connectivity index (χ4n) is 2.77. The monoisotopic (exact) mass is 323 g/mol. The largest absolute Gasteiger partial charge is 0.243 e. The molecule has 5 nitrogen and oxygen atoms in total. The summed E-state index contributed by atoms with van der Waals surface area (Å²) in [7, 11) is -7.31. The average molecular weight is 323 g/mol. The topological polar surface area (TPSA) is 71.5 Å². The zero-order valence-electron chi connectivity index (χ0n) is 10.2. The van der Waals surface area contributed by atoms with E-state index in [0.717, 1.165) is 16.4 Å². The van der Waals surface area contributed by atoms with Crippen LogP contribution in [0.5, 0.6) is 0 Å². The molecule has 0 unspecified atom stereocenters. The third-order valence-corrected chi connectivity index (χ3v) is 7.80. The average Bonchev–Trinajstić information content (AvgIpc) is 2.83. The summed E-state index contributed by atoms with van der Waals surface area (Å²) >= 11 is 0. The summed E-state index contributed by atoms with van der Waals surface area (Å²) < 4.78 is 75.2. The van der Waals surface area contributed by atoms with Gasteiger partial charge >= 0.3 is 0 Å². The van der Waals surface area contributed by atoms with E-state index in [1.165, 1.54) is 0 Å². The molecule has 0 aliphatic carbocycles. The Hall–Kier alpha value is -1.06. The minimum Gasteiger partial charge on any atom is -0.228 e. The van der Waals surface area contributed by atoms with Crippen LogP contribution < -0.4 is 0 Å². The van der Waals surface area contributed by atoms with Crippen molar-refractivity contribution in [2.75, 3.05) is 12.3 Å². The first-order chi connectivity index (χ1) is 9.20. The van der Waals surface area contributed by atoms with Crippen LogP contribution in [-0.2, 0) is 19.9 Å². The first-order valence-corrected chi connectivity index (χ1v) is 9.05. The zero-order chi connectivity index (χ0) is 14.7. The summed E-state index contributed by atoms with van der Waals surface area (Å²) in [6.45, 7) is -0.145. The van der Waals surface area contributed by atoms with Gasteiger partial charge in [0.2, 0.25) is 10.0 Å². The molecule has 0 N–H and O–H groups in total. The number of halogens is 2. The summed E-state index contributed by atoms with van der Waals surface area (Å²) in [5.74, 6) is -2.20. The Morgan fingerprint density at radius 1 is 1.15 bits per heavy atom. The molecule has 20 heavy (non-hydrogen) atoms. The summed E-state index contributed by atoms with van der Waals surface area (Å²) in [5, 5.41) is -0.708. The van der Waals surface area contributed by atoms with Crippen molar-refractivity contribution in [2.24, 2.45) is 0 Å². The van der Waals surface area contributed by atoms with Crippen LogP contribution in [0.25, 0.3) is 0 Å². The van der Waals surface area contributed by atoms with Crippen molar-refractivity contribution >= 4 is 19.9 Å². The molecule has 0 saturated carbocycles. The molecule has 1 aromatic carbocycles. The number of sulfonamides is 1. The van der Waals surface area contributed by atoms with Crippen molar-refractivity contribution in [3.05, 3.63) is 29.8 Å². The van der Waals surface area contributed by atoms with Gasteiger partial charge in [0.1, 0.15) is 11.6 Å². The second-order valence-electron chi connectivity index (χ2n) is 5.02. The lowest BCUT2D eigenvalue weighted by Gasteiger charge is -2.26. The molecule has 1 aromatic rings. The van der Waals surface area contributed by atoms with E-state index in [2.05, 4.69) is 0 Å². The van der Waals surface area contributed by atoms with Crippen molar-refractivity contribution in [3.8, 4) is 0 Å². The Kier molecular flexibility index (Phi) is 2.93. The van der Waals surface area contributed by atoms with E-state index in [1.54, 1.807) is 0 Å². The molecular weight excluding hydrogens is 312 g/mol. The first-order valence-electron chi connectivity index (χ1n) is 5.90.